The van der Waals surface area contributed by atoms with Gasteiger partial charge in [-0.25, -0.2) is 4.79 Å². The van der Waals surface area contributed by atoms with Crippen molar-refractivity contribution in [2.75, 3.05) is 33.0 Å². The zero-order valence-electron chi connectivity index (χ0n) is 36.3. The van der Waals surface area contributed by atoms with Gasteiger partial charge in [0.2, 0.25) is 5.79 Å². The van der Waals surface area contributed by atoms with E-state index in [0.29, 0.717) is 67.8 Å². The Morgan fingerprint density at radius 2 is 1.69 bits per heavy atom. The average molecular weight is 883 g/mol. The molecule has 0 bridgehead atoms. The summed E-state index contributed by atoms with van der Waals surface area (Å²) in [6.07, 6.45) is 10.2. The van der Waals surface area contributed by atoms with Crippen molar-refractivity contribution in [1.29, 1.82) is 0 Å². The number of aliphatic hydroxyl groups excluding tert-OH is 2. The summed E-state index contributed by atoms with van der Waals surface area (Å²) in [7, 11) is 0. The standard InChI is InChI=1S/C48H58N4O12/c1-4-7-27-60-47(55)50(23-5-2)44-31-42(49-62-32-33-17-19-35(20-18-33)51(56)57)40-28-34(13-8-10-24-53)39(16-9-11-25-54)45-41-30-38(63-37-15-12-14-36(29-37)52(58)59)21-22-43(41)64-48(44,46(40)45)61-26-6-3/h4,6,12,14-15,17-22,28-30,34,39,44-46,53-54H,1,3,5,7-11,13,16,23-27,31-32H2,2H3/t34-,39+,44-,45+,46+,48+/m0/s1. The summed E-state index contributed by atoms with van der Waals surface area (Å²) in [5, 5.41) is 47.6. The zero-order valence-corrected chi connectivity index (χ0v) is 36.3. The zero-order chi connectivity index (χ0) is 45.6. The normalized spacial score (nSPS) is 22.5. The maximum atomic E-state index is 14.3. The van der Waals surface area contributed by atoms with E-state index in [4.69, 9.17) is 28.9 Å². The molecule has 1 heterocycles. The van der Waals surface area contributed by atoms with E-state index in [-0.39, 0.29) is 74.3 Å². The fraction of sp³-hybridized carbons (Fsp3) is 0.458. The van der Waals surface area contributed by atoms with Crippen LogP contribution in [0.4, 0.5) is 16.2 Å². The number of nitro benzene ring substituents is 2. The lowest BCUT2D eigenvalue weighted by Gasteiger charge is -2.59. The number of aliphatic hydroxyl groups is 2. The number of oxime groups is 1. The molecular weight excluding hydrogens is 825 g/mol. The van der Waals surface area contributed by atoms with Gasteiger partial charge in [-0.15, -0.1) is 13.2 Å². The topological polar surface area (TPSA) is 206 Å². The lowest BCUT2D eigenvalue weighted by molar-refractivity contribution is -0.385. The van der Waals surface area contributed by atoms with Gasteiger partial charge in [-0.3, -0.25) is 25.1 Å². The van der Waals surface area contributed by atoms with E-state index in [1.165, 1.54) is 24.3 Å². The largest absolute Gasteiger partial charge is 0.459 e. The van der Waals surface area contributed by atoms with Crippen molar-refractivity contribution in [1.82, 2.24) is 4.90 Å². The lowest BCUT2D eigenvalue weighted by Crippen LogP contribution is -2.70. The first-order valence-electron chi connectivity index (χ1n) is 22.0. The number of benzene rings is 3. The number of hydrogen-bond donors (Lipinski definition) is 2. The van der Waals surface area contributed by atoms with Gasteiger partial charge in [-0.05, 0) is 97.9 Å². The summed E-state index contributed by atoms with van der Waals surface area (Å²) in [5.41, 5.74) is 2.68. The Labute approximate surface area is 373 Å². The molecule has 2 aliphatic carbocycles. The summed E-state index contributed by atoms with van der Waals surface area (Å²) in [6, 6.07) is 16.6. The van der Waals surface area contributed by atoms with Crippen LogP contribution in [0.5, 0.6) is 17.2 Å². The Morgan fingerprint density at radius 3 is 2.38 bits per heavy atom. The van der Waals surface area contributed by atoms with Gasteiger partial charge in [0.25, 0.3) is 11.4 Å². The Hall–Kier alpha value is -6.10. The third kappa shape index (κ3) is 10.8. The van der Waals surface area contributed by atoms with Gasteiger partial charge in [-0.1, -0.05) is 49.2 Å². The second-order valence-corrected chi connectivity index (χ2v) is 16.2. The molecule has 16 nitrogen and oxygen atoms in total. The van der Waals surface area contributed by atoms with E-state index >= 15 is 0 Å². The van der Waals surface area contributed by atoms with E-state index in [1.54, 1.807) is 53.5 Å². The van der Waals surface area contributed by atoms with Crippen LogP contribution >= 0.6 is 0 Å². The highest BCUT2D eigenvalue weighted by Crippen LogP contribution is 2.62. The number of non-ortho nitro benzene ring substituents is 2. The van der Waals surface area contributed by atoms with E-state index < -0.39 is 33.7 Å². The number of unbranched alkanes of at least 4 members (excludes halogenated alkanes) is 2. The number of amides is 1. The van der Waals surface area contributed by atoms with Gasteiger partial charge in [0, 0.05) is 55.9 Å². The molecule has 0 saturated heterocycles. The number of carbonyl (C=O) groups excluding carboxylic acids is 1. The molecule has 0 unspecified atom stereocenters. The smallest absolute Gasteiger partial charge is 0.410 e. The fourth-order valence-corrected chi connectivity index (χ4v) is 9.33. The van der Waals surface area contributed by atoms with Crippen LogP contribution in [0.3, 0.4) is 0 Å². The lowest BCUT2D eigenvalue weighted by atomic mass is 9.55. The Kier molecular flexibility index (Phi) is 16.7. The molecule has 342 valence electrons. The second-order valence-electron chi connectivity index (χ2n) is 16.2. The van der Waals surface area contributed by atoms with Crippen LogP contribution in [0.1, 0.15) is 81.8 Å². The first-order valence-corrected chi connectivity index (χ1v) is 22.0. The summed E-state index contributed by atoms with van der Waals surface area (Å²) in [4.78, 5) is 44.1. The average Bonchev–Trinajstić information content (AvgIpc) is 3.29. The highest BCUT2D eigenvalue weighted by Gasteiger charge is 2.65. The minimum atomic E-state index is -1.52. The van der Waals surface area contributed by atoms with Gasteiger partial charge in [0.05, 0.1) is 40.8 Å². The summed E-state index contributed by atoms with van der Waals surface area (Å²) in [6.45, 7) is 10.3. The first kappa shape index (κ1) is 47.4. The molecule has 3 aliphatic rings. The minimum Gasteiger partial charge on any atom is -0.459 e. The first-order chi connectivity index (χ1) is 31.1. The van der Waals surface area contributed by atoms with Crippen molar-refractivity contribution in [2.45, 2.75) is 89.1 Å². The van der Waals surface area contributed by atoms with E-state index in [9.17, 15) is 35.2 Å². The molecule has 1 saturated carbocycles. The molecule has 2 N–H and O–H groups in total. The summed E-state index contributed by atoms with van der Waals surface area (Å²) >= 11 is 0. The fourth-order valence-electron chi connectivity index (χ4n) is 9.33. The van der Waals surface area contributed by atoms with Crippen LogP contribution in [0, 0.1) is 38.0 Å². The number of fused-ring (bicyclic) bond motifs is 2. The molecule has 0 radical (unpaired) electrons. The van der Waals surface area contributed by atoms with Crippen molar-refractivity contribution in [3.63, 3.8) is 0 Å². The summed E-state index contributed by atoms with van der Waals surface area (Å²) < 4.78 is 26.4. The number of nitro groups is 2. The van der Waals surface area contributed by atoms with Crippen LogP contribution in [0.15, 0.2) is 109 Å². The van der Waals surface area contributed by atoms with Crippen LogP contribution in [0.2, 0.25) is 0 Å². The molecule has 3 aromatic rings. The molecule has 0 aromatic heterocycles. The van der Waals surface area contributed by atoms with Crippen LogP contribution in [-0.4, -0.2) is 81.6 Å². The molecule has 64 heavy (non-hydrogen) atoms. The van der Waals surface area contributed by atoms with Crippen molar-refractivity contribution < 1.29 is 48.6 Å². The van der Waals surface area contributed by atoms with Crippen LogP contribution in [-0.2, 0) is 20.9 Å². The van der Waals surface area contributed by atoms with E-state index in [0.717, 1.165) is 24.0 Å². The van der Waals surface area contributed by atoms with Crippen molar-refractivity contribution in [3.8, 4) is 17.2 Å². The summed E-state index contributed by atoms with van der Waals surface area (Å²) in [5.74, 6) is -1.38. The predicted molar refractivity (Wildman–Crippen MR) is 239 cm³/mol. The number of carbonyl (C=O) groups is 1. The van der Waals surface area contributed by atoms with Gasteiger partial charge in [0.1, 0.15) is 29.9 Å². The molecule has 6 atom stereocenters. The molecule has 1 fully saturated rings. The third-order valence-electron chi connectivity index (χ3n) is 12.1. The molecule has 1 aliphatic heterocycles. The van der Waals surface area contributed by atoms with Gasteiger partial charge >= 0.3 is 6.09 Å². The van der Waals surface area contributed by atoms with Crippen molar-refractivity contribution >= 4 is 23.2 Å². The minimum absolute atomic E-state index is 0.00923. The Bertz CT molecular complexity index is 2180. The van der Waals surface area contributed by atoms with Crippen molar-refractivity contribution in [3.05, 3.63) is 135 Å². The SMILES string of the molecule is C=CCCOC(=O)N(CCC)[C@H]1CC(=NOCc2ccc([N+](=O)[O-])cc2)C2=C[C@H](CCCCO)[C@@H](CCCCO)[C@@H]3c4cc(Oc5cccc([N+](=O)[O-])c5)ccc4O[C@@]1(OCC=C)[C@H]23. The Balaban J connectivity index is 1.56. The number of rotatable bonds is 24. The number of nitrogens with zero attached hydrogens (tertiary/aromatic N) is 4. The number of ether oxygens (including phenoxy) is 4. The van der Waals surface area contributed by atoms with Crippen LogP contribution < -0.4 is 9.47 Å². The van der Waals surface area contributed by atoms with Gasteiger partial charge < -0.3 is 34.0 Å². The van der Waals surface area contributed by atoms with E-state index in [1.807, 2.05) is 13.0 Å². The highest BCUT2D eigenvalue weighted by molar-refractivity contribution is 6.03. The molecule has 16 heteroatoms. The third-order valence-corrected chi connectivity index (χ3v) is 12.1. The predicted octanol–water partition coefficient (Wildman–Crippen LogP) is 9.55. The molecule has 1 amide bonds. The molecule has 3 aromatic carbocycles. The molecule has 6 rings (SSSR count). The quantitative estimate of drug-likeness (QED) is 0.0373. The monoisotopic (exact) mass is 882 g/mol. The Morgan fingerprint density at radius 1 is 0.953 bits per heavy atom. The molecule has 0 spiro atoms. The number of allylic oxidation sites excluding steroid dienone is 1. The van der Waals surface area contributed by atoms with Crippen LogP contribution in [0.25, 0.3) is 0 Å². The highest BCUT2D eigenvalue weighted by atomic mass is 16.7. The maximum absolute atomic E-state index is 14.3. The van der Waals surface area contributed by atoms with Gasteiger partial charge in [-0.2, -0.15) is 0 Å². The maximum Gasteiger partial charge on any atom is 0.410 e. The van der Waals surface area contributed by atoms with Gasteiger partial charge in [0.15, 0.2) is 0 Å². The second kappa shape index (κ2) is 22.5. The van der Waals surface area contributed by atoms with E-state index in [2.05, 4.69) is 19.2 Å². The molecular formula is C48H58N4O12. The van der Waals surface area contributed by atoms with Crippen molar-refractivity contribution in [2.24, 2.45) is 22.9 Å². The number of hydrogen-bond acceptors (Lipinski definition) is 13.